The van der Waals surface area contributed by atoms with Gasteiger partial charge in [-0.05, 0) is 55.9 Å². The van der Waals surface area contributed by atoms with Gasteiger partial charge in [-0.1, -0.05) is 29.4 Å². The van der Waals surface area contributed by atoms with E-state index >= 15 is 0 Å². The summed E-state index contributed by atoms with van der Waals surface area (Å²) in [5.74, 6) is 1.91. The molecule has 2 aromatic carbocycles. The molecule has 9 heteroatoms. The van der Waals surface area contributed by atoms with Crippen LogP contribution in [0.5, 0.6) is 11.5 Å². The van der Waals surface area contributed by atoms with E-state index in [0.29, 0.717) is 39.5 Å². The molecule has 1 aromatic heterocycles. The minimum absolute atomic E-state index is 0.330. The fourth-order valence-corrected chi connectivity index (χ4v) is 4.18. The van der Waals surface area contributed by atoms with Crippen LogP contribution in [0, 0.1) is 6.92 Å². The molecule has 33 heavy (non-hydrogen) atoms. The number of carbonyl (C=O) groups is 1. The molecule has 2 heterocycles. The van der Waals surface area contributed by atoms with Crippen LogP contribution in [0.15, 0.2) is 70.4 Å². The van der Waals surface area contributed by atoms with Gasteiger partial charge in [-0.3, -0.25) is 9.69 Å². The summed E-state index contributed by atoms with van der Waals surface area (Å²) in [6.45, 7) is 3.62. The van der Waals surface area contributed by atoms with Crippen LogP contribution in [0.3, 0.4) is 0 Å². The van der Waals surface area contributed by atoms with Gasteiger partial charge in [-0.2, -0.15) is 0 Å². The Morgan fingerprint density at radius 3 is 2.61 bits per heavy atom. The highest BCUT2D eigenvalue weighted by Crippen LogP contribution is 2.38. The lowest BCUT2D eigenvalue weighted by molar-refractivity contribution is -0.113. The standard InChI is InChI=1S/C24H24N4O4S/c1-14-12-20(27-32-14)25-23(29)21-15(2)28(18-10-5-6-11-19(18)31-4)24(33)26-22(21)16-8-7-9-17(13-16)30-3/h5-13,22H,1-4H3,(H,26,33)(H,25,27,29). The molecular formula is C24H24N4O4S. The summed E-state index contributed by atoms with van der Waals surface area (Å²) in [5, 5.41) is 10.5. The fourth-order valence-electron chi connectivity index (χ4n) is 3.82. The Hall–Kier alpha value is -3.85. The minimum atomic E-state index is -0.508. The monoisotopic (exact) mass is 464 g/mol. The normalized spacial score (nSPS) is 15.8. The van der Waals surface area contributed by atoms with Crippen LogP contribution < -0.4 is 25.0 Å². The zero-order valence-electron chi connectivity index (χ0n) is 18.7. The van der Waals surface area contributed by atoms with Gasteiger partial charge in [0.25, 0.3) is 5.91 Å². The van der Waals surface area contributed by atoms with Crippen LogP contribution in [-0.4, -0.2) is 30.4 Å². The number of hydrogen-bond donors (Lipinski definition) is 2. The molecule has 3 aromatic rings. The third-order valence-corrected chi connectivity index (χ3v) is 5.65. The van der Waals surface area contributed by atoms with Gasteiger partial charge in [0.1, 0.15) is 17.3 Å². The van der Waals surface area contributed by atoms with E-state index in [1.807, 2.05) is 55.5 Å². The summed E-state index contributed by atoms with van der Waals surface area (Å²) in [7, 11) is 3.20. The fraction of sp³-hybridized carbons (Fsp3) is 0.208. The van der Waals surface area contributed by atoms with E-state index in [-0.39, 0.29) is 5.91 Å². The zero-order chi connectivity index (χ0) is 23.5. The van der Waals surface area contributed by atoms with E-state index < -0.39 is 6.04 Å². The lowest BCUT2D eigenvalue weighted by atomic mass is 9.93. The van der Waals surface area contributed by atoms with Gasteiger partial charge in [-0.15, -0.1) is 0 Å². The number of aromatic nitrogens is 1. The second kappa shape index (κ2) is 9.33. The predicted octanol–water partition coefficient (Wildman–Crippen LogP) is 4.35. The number of allylic oxidation sites excluding steroid dienone is 1. The molecule has 170 valence electrons. The van der Waals surface area contributed by atoms with Crippen molar-refractivity contribution < 1.29 is 18.8 Å². The van der Waals surface area contributed by atoms with E-state index in [0.717, 1.165) is 11.3 Å². The first-order valence-electron chi connectivity index (χ1n) is 10.3. The average molecular weight is 465 g/mol. The summed E-state index contributed by atoms with van der Waals surface area (Å²) in [6.07, 6.45) is 0. The highest BCUT2D eigenvalue weighted by Gasteiger charge is 2.36. The number of aryl methyl sites for hydroxylation is 1. The van der Waals surface area contributed by atoms with Crippen molar-refractivity contribution in [3.8, 4) is 11.5 Å². The Labute approximate surface area is 197 Å². The number of nitrogens with one attached hydrogen (secondary N) is 2. The Morgan fingerprint density at radius 2 is 1.91 bits per heavy atom. The number of thiocarbonyl (C=S) groups is 1. The number of hydrogen-bond acceptors (Lipinski definition) is 6. The van der Waals surface area contributed by atoms with Crippen molar-refractivity contribution in [2.75, 3.05) is 24.4 Å². The average Bonchev–Trinajstić information content (AvgIpc) is 3.23. The van der Waals surface area contributed by atoms with Crippen LogP contribution in [0.2, 0.25) is 0 Å². The molecule has 0 saturated carbocycles. The van der Waals surface area contributed by atoms with E-state index in [9.17, 15) is 4.79 Å². The first kappa shape index (κ1) is 22.3. The van der Waals surface area contributed by atoms with Crippen LogP contribution in [0.25, 0.3) is 0 Å². The molecule has 0 fully saturated rings. The third kappa shape index (κ3) is 4.40. The Morgan fingerprint density at radius 1 is 1.12 bits per heavy atom. The molecular weight excluding hydrogens is 440 g/mol. The SMILES string of the molecule is COc1cccc(C2NC(=S)N(c3ccccc3OC)C(C)=C2C(=O)Nc2cc(C)on2)c1. The van der Waals surface area contributed by atoms with E-state index in [4.69, 9.17) is 26.2 Å². The predicted molar refractivity (Wildman–Crippen MR) is 130 cm³/mol. The van der Waals surface area contributed by atoms with E-state index in [2.05, 4.69) is 15.8 Å². The number of methoxy groups -OCH3 is 2. The summed E-state index contributed by atoms with van der Waals surface area (Å²) in [5.41, 5.74) is 2.69. The van der Waals surface area contributed by atoms with Gasteiger partial charge in [-0.25, -0.2) is 0 Å². The number of benzene rings is 2. The maximum atomic E-state index is 13.5. The highest BCUT2D eigenvalue weighted by atomic mass is 32.1. The summed E-state index contributed by atoms with van der Waals surface area (Å²) in [6, 6.07) is 16.2. The van der Waals surface area contributed by atoms with Gasteiger partial charge in [0.2, 0.25) is 0 Å². The van der Waals surface area contributed by atoms with Crippen molar-refractivity contribution in [2.24, 2.45) is 0 Å². The molecule has 0 saturated heterocycles. The number of anilines is 2. The molecule has 0 spiro atoms. The smallest absolute Gasteiger partial charge is 0.257 e. The first-order valence-corrected chi connectivity index (χ1v) is 10.7. The van der Waals surface area contributed by atoms with Gasteiger partial charge in [0.15, 0.2) is 10.9 Å². The van der Waals surface area contributed by atoms with Gasteiger partial charge < -0.3 is 24.6 Å². The Kier molecular flexibility index (Phi) is 6.32. The number of carbonyl (C=O) groups excluding carboxylic acids is 1. The molecule has 1 aliphatic rings. The van der Waals surface area contributed by atoms with Crippen LogP contribution in [0.4, 0.5) is 11.5 Å². The number of rotatable bonds is 6. The maximum Gasteiger partial charge on any atom is 0.257 e. The lowest BCUT2D eigenvalue weighted by Gasteiger charge is -2.38. The summed E-state index contributed by atoms with van der Waals surface area (Å²) in [4.78, 5) is 15.3. The molecule has 0 radical (unpaired) electrons. The molecule has 0 bridgehead atoms. The highest BCUT2D eigenvalue weighted by molar-refractivity contribution is 7.80. The van der Waals surface area contributed by atoms with Crippen molar-refractivity contribution in [2.45, 2.75) is 19.9 Å². The molecule has 1 unspecified atom stereocenters. The van der Waals surface area contributed by atoms with Crippen LogP contribution in [0.1, 0.15) is 24.3 Å². The van der Waals surface area contributed by atoms with Crippen LogP contribution >= 0.6 is 12.2 Å². The van der Waals surface area contributed by atoms with Crippen molar-refractivity contribution in [1.82, 2.24) is 10.5 Å². The largest absolute Gasteiger partial charge is 0.497 e. The summed E-state index contributed by atoms with van der Waals surface area (Å²) >= 11 is 5.74. The minimum Gasteiger partial charge on any atom is -0.497 e. The lowest BCUT2D eigenvalue weighted by Crippen LogP contribution is -2.48. The van der Waals surface area contributed by atoms with Gasteiger partial charge in [0, 0.05) is 11.8 Å². The van der Waals surface area contributed by atoms with Gasteiger partial charge >= 0.3 is 0 Å². The topological polar surface area (TPSA) is 88.9 Å². The first-order chi connectivity index (χ1) is 15.9. The number of ether oxygens (including phenoxy) is 2. The van der Waals surface area contributed by atoms with Crippen molar-refractivity contribution >= 4 is 34.7 Å². The quantitative estimate of drug-likeness (QED) is 0.521. The second-order valence-corrected chi connectivity index (χ2v) is 7.83. The van der Waals surface area contributed by atoms with Crippen molar-refractivity contribution in [1.29, 1.82) is 0 Å². The molecule has 2 N–H and O–H groups in total. The molecule has 1 amide bonds. The number of nitrogens with zero attached hydrogens (tertiary/aromatic N) is 2. The zero-order valence-corrected chi connectivity index (χ0v) is 19.5. The molecule has 4 rings (SSSR count). The Balaban J connectivity index is 1.84. The number of amides is 1. The molecule has 8 nitrogen and oxygen atoms in total. The van der Waals surface area contributed by atoms with Crippen molar-refractivity contribution in [3.05, 3.63) is 77.2 Å². The molecule has 0 aliphatic carbocycles. The molecule has 1 atom stereocenters. The van der Waals surface area contributed by atoms with Gasteiger partial charge in [0.05, 0.1) is 31.5 Å². The van der Waals surface area contributed by atoms with Crippen molar-refractivity contribution in [3.63, 3.8) is 0 Å². The number of para-hydroxylation sites is 2. The van der Waals surface area contributed by atoms with E-state index in [1.165, 1.54) is 0 Å². The van der Waals surface area contributed by atoms with E-state index in [1.54, 1.807) is 32.1 Å². The summed E-state index contributed by atoms with van der Waals surface area (Å²) < 4.78 is 16.0. The Bertz CT molecular complexity index is 1240. The van der Waals surface area contributed by atoms with Crippen LogP contribution in [-0.2, 0) is 4.79 Å². The maximum absolute atomic E-state index is 13.5. The second-order valence-electron chi connectivity index (χ2n) is 7.44. The molecule has 1 aliphatic heterocycles. The third-order valence-electron chi connectivity index (χ3n) is 5.35.